The molecule has 4 aromatic rings. The Morgan fingerprint density at radius 1 is 0.857 bits per heavy atom. The maximum absolute atomic E-state index is 12.0. The van der Waals surface area contributed by atoms with E-state index in [4.69, 9.17) is 0 Å². The van der Waals surface area contributed by atoms with Crippen LogP contribution in [0, 0.1) is 0 Å². The highest BCUT2D eigenvalue weighted by molar-refractivity contribution is 6.24. The summed E-state index contributed by atoms with van der Waals surface area (Å²) in [6.45, 7) is 1.64. The van der Waals surface area contributed by atoms with Crippen LogP contribution in [-0.4, -0.2) is 10.4 Å². The van der Waals surface area contributed by atoms with Crippen LogP contribution < -0.4 is 0 Å². The highest BCUT2D eigenvalue weighted by Crippen LogP contribution is 2.35. The molecule has 1 heterocycles. The van der Waals surface area contributed by atoms with Gasteiger partial charge in [-0.1, -0.05) is 42.5 Å². The van der Waals surface area contributed by atoms with Gasteiger partial charge >= 0.3 is 0 Å². The van der Waals surface area contributed by atoms with Crippen LogP contribution in [0.3, 0.4) is 0 Å². The van der Waals surface area contributed by atoms with Crippen LogP contribution in [0.4, 0.5) is 0 Å². The summed E-state index contributed by atoms with van der Waals surface area (Å²) in [5.74, 6) is 0.110. The maximum Gasteiger partial charge on any atom is 0.160 e. The molecule has 3 aromatic carbocycles. The molecule has 0 bridgehead atoms. The zero-order chi connectivity index (χ0) is 14.6. The Kier molecular flexibility index (Phi) is 2.43. The Bertz CT molecular complexity index is 1020. The van der Waals surface area contributed by atoms with Crippen molar-refractivity contribution >= 4 is 38.4 Å². The highest BCUT2D eigenvalue weighted by atomic mass is 16.1. The van der Waals surface area contributed by atoms with E-state index in [9.17, 15) is 4.79 Å². The molecule has 0 unspecified atom stereocenters. The molecule has 102 valence electrons. The number of hydrogen-bond donors (Lipinski definition) is 0. The van der Waals surface area contributed by atoms with Crippen molar-refractivity contribution in [1.82, 2.24) is 4.57 Å². The molecular weight excluding hydrogens is 258 g/mol. The first-order chi connectivity index (χ1) is 10.2. The standard InChI is InChI=1S/C19H15NO/c1-12(21)16-11-18-19(14-8-4-3-7-13(14)16)15-9-5-6-10-17(15)20(18)2/h3-11H,1-2H3. The number of aromatic nitrogens is 1. The third-order valence-corrected chi connectivity index (χ3v) is 4.30. The second kappa shape index (κ2) is 4.19. The molecule has 1 aromatic heterocycles. The second-order valence-electron chi connectivity index (χ2n) is 5.50. The van der Waals surface area contributed by atoms with Gasteiger partial charge in [0.25, 0.3) is 0 Å². The van der Waals surface area contributed by atoms with Gasteiger partial charge in [-0.15, -0.1) is 0 Å². The molecule has 0 aliphatic rings. The monoisotopic (exact) mass is 273 g/mol. The van der Waals surface area contributed by atoms with E-state index in [1.54, 1.807) is 6.92 Å². The second-order valence-corrected chi connectivity index (χ2v) is 5.50. The zero-order valence-corrected chi connectivity index (χ0v) is 12.1. The minimum absolute atomic E-state index is 0.110. The molecule has 21 heavy (non-hydrogen) atoms. The number of para-hydroxylation sites is 1. The van der Waals surface area contributed by atoms with E-state index in [-0.39, 0.29) is 5.78 Å². The summed E-state index contributed by atoms with van der Waals surface area (Å²) < 4.78 is 2.17. The number of nitrogens with zero attached hydrogens (tertiary/aromatic N) is 1. The van der Waals surface area contributed by atoms with Crippen LogP contribution in [0.1, 0.15) is 17.3 Å². The number of hydrogen-bond acceptors (Lipinski definition) is 1. The van der Waals surface area contributed by atoms with E-state index >= 15 is 0 Å². The lowest BCUT2D eigenvalue weighted by Crippen LogP contribution is -1.95. The van der Waals surface area contributed by atoms with Gasteiger partial charge in [0.1, 0.15) is 0 Å². The predicted octanol–water partition coefficient (Wildman–Crippen LogP) is 4.69. The Balaban J connectivity index is 2.38. The van der Waals surface area contributed by atoms with Crippen LogP contribution >= 0.6 is 0 Å². The van der Waals surface area contributed by atoms with Crippen molar-refractivity contribution in [3.8, 4) is 0 Å². The lowest BCUT2D eigenvalue weighted by Gasteiger charge is -2.07. The largest absolute Gasteiger partial charge is 0.344 e. The normalized spacial score (nSPS) is 11.5. The van der Waals surface area contributed by atoms with Crippen LogP contribution in [0.25, 0.3) is 32.6 Å². The molecule has 0 amide bonds. The smallest absolute Gasteiger partial charge is 0.160 e. The molecule has 0 fully saturated rings. The average molecular weight is 273 g/mol. The molecule has 2 heteroatoms. The summed E-state index contributed by atoms with van der Waals surface area (Å²) in [4.78, 5) is 12.0. The predicted molar refractivity (Wildman–Crippen MR) is 87.9 cm³/mol. The van der Waals surface area contributed by atoms with Crippen LogP contribution in [0.5, 0.6) is 0 Å². The van der Waals surface area contributed by atoms with E-state index < -0.39 is 0 Å². The topological polar surface area (TPSA) is 22.0 Å². The molecule has 0 N–H and O–H groups in total. The first kappa shape index (κ1) is 12.2. The molecule has 0 spiro atoms. The van der Waals surface area contributed by atoms with Gasteiger partial charge in [0, 0.05) is 28.9 Å². The minimum atomic E-state index is 0.110. The zero-order valence-electron chi connectivity index (χ0n) is 12.1. The van der Waals surface area contributed by atoms with Crippen molar-refractivity contribution in [3.63, 3.8) is 0 Å². The third kappa shape index (κ3) is 1.56. The van der Waals surface area contributed by atoms with Gasteiger partial charge in [0.15, 0.2) is 5.78 Å². The molecular formula is C19H15NO. The van der Waals surface area contributed by atoms with E-state index in [0.29, 0.717) is 0 Å². The summed E-state index contributed by atoms with van der Waals surface area (Å²) in [6, 6.07) is 18.6. The number of Topliss-reactive ketones (excluding diaryl/α,β-unsaturated/α-hetero) is 1. The van der Waals surface area contributed by atoms with Crippen molar-refractivity contribution in [3.05, 3.63) is 60.2 Å². The lowest BCUT2D eigenvalue weighted by atomic mass is 9.97. The van der Waals surface area contributed by atoms with Crippen molar-refractivity contribution in [2.75, 3.05) is 0 Å². The Labute approximate surface area is 122 Å². The molecule has 0 saturated heterocycles. The van der Waals surface area contributed by atoms with Crippen molar-refractivity contribution in [2.45, 2.75) is 6.92 Å². The summed E-state index contributed by atoms with van der Waals surface area (Å²) in [6.07, 6.45) is 0. The quantitative estimate of drug-likeness (QED) is 0.461. The number of rotatable bonds is 1. The van der Waals surface area contributed by atoms with Crippen molar-refractivity contribution in [1.29, 1.82) is 0 Å². The first-order valence-electron chi connectivity index (χ1n) is 7.08. The van der Waals surface area contributed by atoms with E-state index in [1.807, 2.05) is 24.3 Å². The van der Waals surface area contributed by atoms with Gasteiger partial charge in [-0.2, -0.15) is 0 Å². The Morgan fingerprint density at radius 3 is 2.19 bits per heavy atom. The average Bonchev–Trinajstić information content (AvgIpc) is 2.80. The van der Waals surface area contributed by atoms with Crippen LogP contribution in [-0.2, 0) is 7.05 Å². The molecule has 0 saturated carbocycles. The fourth-order valence-electron chi connectivity index (χ4n) is 3.31. The van der Waals surface area contributed by atoms with E-state index in [2.05, 4.69) is 41.9 Å². The van der Waals surface area contributed by atoms with Gasteiger partial charge in [0.05, 0.1) is 5.52 Å². The number of aryl methyl sites for hydroxylation is 1. The fraction of sp³-hybridized carbons (Fsp3) is 0.105. The Hall–Kier alpha value is -2.61. The van der Waals surface area contributed by atoms with E-state index in [1.165, 1.54) is 16.3 Å². The summed E-state index contributed by atoms with van der Waals surface area (Å²) in [5, 5.41) is 4.65. The molecule has 4 rings (SSSR count). The molecule has 0 atom stereocenters. The lowest BCUT2D eigenvalue weighted by molar-refractivity contribution is 0.101. The van der Waals surface area contributed by atoms with Gasteiger partial charge in [-0.25, -0.2) is 0 Å². The van der Waals surface area contributed by atoms with Gasteiger partial charge < -0.3 is 4.57 Å². The van der Waals surface area contributed by atoms with Crippen molar-refractivity contribution in [2.24, 2.45) is 7.05 Å². The fourth-order valence-corrected chi connectivity index (χ4v) is 3.31. The molecule has 0 radical (unpaired) electrons. The van der Waals surface area contributed by atoms with Crippen LogP contribution in [0.2, 0.25) is 0 Å². The summed E-state index contributed by atoms with van der Waals surface area (Å²) >= 11 is 0. The third-order valence-electron chi connectivity index (χ3n) is 4.30. The van der Waals surface area contributed by atoms with Gasteiger partial charge in [-0.05, 0) is 29.8 Å². The number of benzene rings is 3. The number of carbonyl (C=O) groups excluding carboxylic acids is 1. The SMILES string of the molecule is CC(=O)c1cc2c(c3ccccc13)c1ccccc1n2C. The highest BCUT2D eigenvalue weighted by Gasteiger charge is 2.15. The summed E-state index contributed by atoms with van der Waals surface area (Å²) in [7, 11) is 2.06. The Morgan fingerprint density at radius 2 is 1.48 bits per heavy atom. The van der Waals surface area contributed by atoms with Crippen LogP contribution in [0.15, 0.2) is 54.6 Å². The molecule has 2 nitrogen and oxygen atoms in total. The molecule has 0 aliphatic heterocycles. The number of ketones is 1. The minimum Gasteiger partial charge on any atom is -0.344 e. The van der Waals surface area contributed by atoms with E-state index in [0.717, 1.165) is 21.9 Å². The molecule has 0 aliphatic carbocycles. The van der Waals surface area contributed by atoms with Gasteiger partial charge in [-0.3, -0.25) is 4.79 Å². The maximum atomic E-state index is 12.0. The van der Waals surface area contributed by atoms with Gasteiger partial charge in [0.2, 0.25) is 0 Å². The summed E-state index contributed by atoms with van der Waals surface area (Å²) in [5.41, 5.74) is 3.10. The number of carbonyl (C=O) groups is 1. The number of fused-ring (bicyclic) bond motifs is 5. The first-order valence-corrected chi connectivity index (χ1v) is 7.08. The van der Waals surface area contributed by atoms with Crippen molar-refractivity contribution < 1.29 is 4.79 Å².